The normalized spacial score (nSPS) is 15.1. The van der Waals surface area contributed by atoms with Gasteiger partial charge in [-0.15, -0.1) is 0 Å². The molecule has 6 nitrogen and oxygen atoms in total. The van der Waals surface area contributed by atoms with Gasteiger partial charge in [-0.1, -0.05) is 29.8 Å². The highest BCUT2D eigenvalue weighted by atomic mass is 35.5. The molecule has 1 heterocycles. The predicted octanol–water partition coefficient (Wildman–Crippen LogP) is 2.99. The second kappa shape index (κ2) is 8.51. The quantitative estimate of drug-likeness (QED) is 0.805. The number of para-hydroxylation sites is 1. The fourth-order valence-electron chi connectivity index (χ4n) is 3.19. The summed E-state index contributed by atoms with van der Waals surface area (Å²) >= 11 is 6.22. The van der Waals surface area contributed by atoms with E-state index in [1.807, 2.05) is 30.3 Å². The van der Waals surface area contributed by atoms with Gasteiger partial charge in [-0.2, -0.15) is 0 Å². The summed E-state index contributed by atoms with van der Waals surface area (Å²) < 4.78 is 27.4. The SMILES string of the molecule is CC(C)NS(=O)(=O)c1ccc(Cl)c(C(=O)N2CCN(c3ccccc3)CC2)c1. The Labute approximate surface area is 171 Å². The number of anilines is 1. The summed E-state index contributed by atoms with van der Waals surface area (Å²) in [6.45, 7) is 5.99. The lowest BCUT2D eigenvalue weighted by molar-refractivity contribution is 0.0746. The van der Waals surface area contributed by atoms with E-state index in [0.29, 0.717) is 26.2 Å². The number of carbonyl (C=O) groups is 1. The smallest absolute Gasteiger partial charge is 0.255 e. The highest BCUT2D eigenvalue weighted by Crippen LogP contribution is 2.24. The summed E-state index contributed by atoms with van der Waals surface area (Å²) in [7, 11) is -3.70. The monoisotopic (exact) mass is 421 g/mol. The van der Waals surface area contributed by atoms with Crippen molar-refractivity contribution in [2.75, 3.05) is 31.1 Å². The van der Waals surface area contributed by atoms with Crippen LogP contribution in [0.2, 0.25) is 5.02 Å². The molecule has 0 spiro atoms. The number of hydrogen-bond donors (Lipinski definition) is 1. The Morgan fingerprint density at radius 2 is 1.68 bits per heavy atom. The minimum atomic E-state index is -3.70. The van der Waals surface area contributed by atoms with Crippen LogP contribution in [0.4, 0.5) is 5.69 Å². The molecule has 0 aromatic heterocycles. The van der Waals surface area contributed by atoms with Crippen molar-refractivity contribution in [1.82, 2.24) is 9.62 Å². The number of nitrogens with zero attached hydrogens (tertiary/aromatic N) is 2. The van der Waals surface area contributed by atoms with Gasteiger partial charge in [-0.05, 0) is 44.2 Å². The Morgan fingerprint density at radius 1 is 1.04 bits per heavy atom. The second-order valence-corrected chi connectivity index (χ2v) is 9.15. The first-order chi connectivity index (χ1) is 13.3. The van der Waals surface area contributed by atoms with E-state index in [1.165, 1.54) is 18.2 Å². The number of nitrogens with one attached hydrogen (secondary N) is 1. The summed E-state index contributed by atoms with van der Waals surface area (Å²) in [6.07, 6.45) is 0. The zero-order chi connectivity index (χ0) is 20.3. The van der Waals surface area contributed by atoms with Gasteiger partial charge in [-0.25, -0.2) is 13.1 Å². The van der Waals surface area contributed by atoms with Crippen molar-refractivity contribution in [2.24, 2.45) is 0 Å². The molecule has 0 bridgehead atoms. The average Bonchev–Trinajstić information content (AvgIpc) is 2.67. The summed E-state index contributed by atoms with van der Waals surface area (Å²) in [4.78, 5) is 16.9. The molecule has 0 saturated carbocycles. The predicted molar refractivity (Wildman–Crippen MR) is 111 cm³/mol. The van der Waals surface area contributed by atoms with Gasteiger partial charge < -0.3 is 9.80 Å². The maximum Gasteiger partial charge on any atom is 0.255 e. The minimum absolute atomic E-state index is 0.0388. The van der Waals surface area contributed by atoms with Crippen LogP contribution in [0.25, 0.3) is 0 Å². The van der Waals surface area contributed by atoms with Gasteiger partial charge in [0.05, 0.1) is 15.5 Å². The number of carbonyl (C=O) groups excluding carboxylic acids is 1. The first-order valence-corrected chi connectivity index (χ1v) is 11.1. The molecule has 1 amide bonds. The molecular weight excluding hydrogens is 398 g/mol. The molecule has 0 radical (unpaired) electrons. The number of halogens is 1. The summed E-state index contributed by atoms with van der Waals surface area (Å²) in [6, 6.07) is 14.0. The highest BCUT2D eigenvalue weighted by Gasteiger charge is 2.25. The molecule has 2 aromatic carbocycles. The molecule has 3 rings (SSSR count). The Hall–Kier alpha value is -2.09. The number of sulfonamides is 1. The van der Waals surface area contributed by atoms with Crippen LogP contribution < -0.4 is 9.62 Å². The van der Waals surface area contributed by atoms with Gasteiger partial charge >= 0.3 is 0 Å². The van der Waals surface area contributed by atoms with Gasteiger partial charge in [0.2, 0.25) is 10.0 Å². The van der Waals surface area contributed by atoms with Crippen molar-refractivity contribution in [3.05, 3.63) is 59.1 Å². The highest BCUT2D eigenvalue weighted by molar-refractivity contribution is 7.89. The van der Waals surface area contributed by atoms with Gasteiger partial charge in [0, 0.05) is 37.9 Å². The molecule has 150 valence electrons. The molecule has 0 aliphatic carbocycles. The van der Waals surface area contributed by atoms with E-state index < -0.39 is 10.0 Å². The van der Waals surface area contributed by atoms with E-state index in [1.54, 1.807) is 18.7 Å². The third kappa shape index (κ3) is 4.66. The zero-order valence-corrected chi connectivity index (χ0v) is 17.5. The maximum atomic E-state index is 13.0. The molecule has 0 unspecified atom stereocenters. The van der Waals surface area contributed by atoms with Crippen LogP contribution in [0.5, 0.6) is 0 Å². The lowest BCUT2D eigenvalue weighted by atomic mass is 10.1. The van der Waals surface area contributed by atoms with Crippen LogP contribution in [0, 0.1) is 0 Å². The van der Waals surface area contributed by atoms with Gasteiger partial charge in [-0.3, -0.25) is 4.79 Å². The molecule has 28 heavy (non-hydrogen) atoms. The topological polar surface area (TPSA) is 69.7 Å². The molecule has 2 aromatic rings. The van der Waals surface area contributed by atoms with Crippen LogP contribution >= 0.6 is 11.6 Å². The molecule has 1 saturated heterocycles. The lowest BCUT2D eigenvalue weighted by Gasteiger charge is -2.36. The lowest BCUT2D eigenvalue weighted by Crippen LogP contribution is -2.48. The fourth-order valence-corrected chi connectivity index (χ4v) is 4.67. The standard InChI is InChI=1S/C20H24ClN3O3S/c1-15(2)22-28(26,27)17-8-9-19(21)18(14-17)20(25)24-12-10-23(11-13-24)16-6-4-3-5-7-16/h3-9,14-15,22H,10-13H2,1-2H3. The maximum absolute atomic E-state index is 13.0. The minimum Gasteiger partial charge on any atom is -0.368 e. The average molecular weight is 422 g/mol. The van der Waals surface area contributed by atoms with E-state index in [0.717, 1.165) is 5.69 Å². The van der Waals surface area contributed by atoms with Crippen LogP contribution in [0.3, 0.4) is 0 Å². The summed E-state index contributed by atoms with van der Waals surface area (Å²) in [5.74, 6) is -0.251. The van der Waals surface area contributed by atoms with E-state index in [4.69, 9.17) is 11.6 Å². The van der Waals surface area contributed by atoms with Crippen molar-refractivity contribution >= 4 is 33.2 Å². The molecule has 1 N–H and O–H groups in total. The molecule has 1 aliphatic rings. The van der Waals surface area contributed by atoms with E-state index in [2.05, 4.69) is 9.62 Å². The summed E-state index contributed by atoms with van der Waals surface area (Å²) in [5.41, 5.74) is 1.34. The number of piperazine rings is 1. The van der Waals surface area contributed by atoms with Gasteiger partial charge in [0.25, 0.3) is 5.91 Å². The first kappa shape index (κ1) is 20.6. The fraction of sp³-hybridized carbons (Fsp3) is 0.350. The van der Waals surface area contributed by atoms with Crippen molar-refractivity contribution in [3.8, 4) is 0 Å². The van der Waals surface area contributed by atoms with Gasteiger partial charge in [0.15, 0.2) is 0 Å². The van der Waals surface area contributed by atoms with Crippen LogP contribution in [0.1, 0.15) is 24.2 Å². The van der Waals surface area contributed by atoms with E-state index in [-0.39, 0.29) is 27.4 Å². The second-order valence-electron chi connectivity index (χ2n) is 7.03. The Balaban J connectivity index is 1.75. The number of benzene rings is 2. The molecule has 1 aliphatic heterocycles. The third-order valence-electron chi connectivity index (χ3n) is 4.56. The number of hydrogen-bond acceptors (Lipinski definition) is 4. The van der Waals surface area contributed by atoms with Crippen LogP contribution in [0.15, 0.2) is 53.4 Å². The van der Waals surface area contributed by atoms with Gasteiger partial charge in [0.1, 0.15) is 0 Å². The molecule has 0 atom stereocenters. The van der Waals surface area contributed by atoms with Crippen molar-refractivity contribution in [2.45, 2.75) is 24.8 Å². The van der Waals surface area contributed by atoms with Crippen LogP contribution in [-0.2, 0) is 10.0 Å². The first-order valence-electron chi connectivity index (χ1n) is 9.19. The van der Waals surface area contributed by atoms with Crippen molar-refractivity contribution in [1.29, 1.82) is 0 Å². The Morgan fingerprint density at radius 3 is 2.29 bits per heavy atom. The van der Waals surface area contributed by atoms with Crippen LogP contribution in [-0.4, -0.2) is 51.4 Å². The van der Waals surface area contributed by atoms with E-state index in [9.17, 15) is 13.2 Å². The zero-order valence-electron chi connectivity index (χ0n) is 15.9. The van der Waals surface area contributed by atoms with Crippen molar-refractivity contribution < 1.29 is 13.2 Å². The Bertz CT molecular complexity index is 940. The summed E-state index contributed by atoms with van der Waals surface area (Å²) in [5, 5.41) is 0.249. The molecule has 1 fully saturated rings. The number of rotatable bonds is 5. The molecular formula is C20H24ClN3O3S. The third-order valence-corrected chi connectivity index (χ3v) is 6.54. The Kier molecular flexibility index (Phi) is 6.27. The van der Waals surface area contributed by atoms with Crippen molar-refractivity contribution in [3.63, 3.8) is 0 Å². The number of amides is 1. The van der Waals surface area contributed by atoms with E-state index >= 15 is 0 Å². The molecule has 8 heteroatoms. The largest absolute Gasteiger partial charge is 0.368 e.